The first-order valence-electron chi connectivity index (χ1n) is 6.49. The van der Waals surface area contributed by atoms with Gasteiger partial charge in [0.15, 0.2) is 0 Å². The predicted molar refractivity (Wildman–Crippen MR) is 74.4 cm³/mol. The fourth-order valence-corrected chi connectivity index (χ4v) is 2.77. The summed E-state index contributed by atoms with van der Waals surface area (Å²) >= 11 is 1.36. The second kappa shape index (κ2) is 5.31. The highest BCUT2D eigenvalue weighted by atomic mass is 32.1. The Balaban J connectivity index is 2.04. The molecule has 112 valence electrons. The first-order chi connectivity index (χ1) is 9.22. The number of amides is 1. The zero-order valence-corrected chi connectivity index (χ0v) is 12.7. The lowest BCUT2D eigenvalue weighted by Gasteiger charge is -2.41. The molecule has 0 saturated carbocycles. The van der Waals surface area contributed by atoms with Crippen LogP contribution < -0.4 is 0 Å². The maximum Gasteiger partial charge on any atom is 0.410 e. The monoisotopic (exact) mass is 300 g/mol. The fourth-order valence-electron chi connectivity index (χ4n) is 2.14. The van der Waals surface area contributed by atoms with Crippen molar-refractivity contribution in [3.8, 4) is 0 Å². The van der Waals surface area contributed by atoms with Gasteiger partial charge in [0.25, 0.3) is 0 Å². The second-order valence-corrected chi connectivity index (χ2v) is 6.71. The normalized spacial score (nSPS) is 27.4. The van der Waals surface area contributed by atoms with Crippen molar-refractivity contribution in [3.63, 3.8) is 0 Å². The summed E-state index contributed by atoms with van der Waals surface area (Å²) in [5.41, 5.74) is 0.0996. The zero-order chi connectivity index (χ0) is 15.0. The van der Waals surface area contributed by atoms with Crippen molar-refractivity contribution in [1.82, 2.24) is 9.88 Å². The summed E-state index contributed by atoms with van der Waals surface area (Å²) in [5.74, 6) is 0. The van der Waals surface area contributed by atoms with Gasteiger partial charge in [-0.2, -0.15) is 0 Å². The molecule has 0 radical (unpaired) electrons. The Kier molecular flexibility index (Phi) is 4.04. The molecule has 2 N–H and O–H groups in total. The van der Waals surface area contributed by atoms with Crippen LogP contribution in [0.4, 0.5) is 4.79 Å². The molecule has 1 aliphatic rings. The van der Waals surface area contributed by atoms with Crippen molar-refractivity contribution < 1.29 is 19.7 Å². The summed E-state index contributed by atoms with van der Waals surface area (Å²) < 4.78 is 5.27. The van der Waals surface area contributed by atoms with Crippen LogP contribution >= 0.6 is 11.3 Å². The average molecular weight is 300 g/mol. The Morgan fingerprint density at radius 3 is 2.80 bits per heavy atom. The van der Waals surface area contributed by atoms with Crippen LogP contribution in [0, 0.1) is 0 Å². The van der Waals surface area contributed by atoms with E-state index in [1.165, 1.54) is 16.2 Å². The molecular formula is C13H20N2O4S. The van der Waals surface area contributed by atoms with E-state index >= 15 is 0 Å². The first-order valence-corrected chi connectivity index (χ1v) is 7.44. The molecule has 20 heavy (non-hydrogen) atoms. The summed E-state index contributed by atoms with van der Waals surface area (Å²) in [6.07, 6.45) is -1.32. The van der Waals surface area contributed by atoms with E-state index in [2.05, 4.69) is 4.98 Å². The number of thiazole rings is 1. The molecule has 7 heteroatoms. The molecule has 0 spiro atoms. The summed E-state index contributed by atoms with van der Waals surface area (Å²) in [6.45, 7) is 5.72. The number of aliphatic hydroxyl groups is 2. The molecular weight excluding hydrogens is 280 g/mol. The fraction of sp³-hybridized carbons (Fsp3) is 0.692. The van der Waals surface area contributed by atoms with Crippen molar-refractivity contribution in [1.29, 1.82) is 0 Å². The third-order valence-electron chi connectivity index (χ3n) is 3.24. The van der Waals surface area contributed by atoms with Crippen molar-refractivity contribution >= 4 is 17.4 Å². The second-order valence-electron chi connectivity index (χ2n) is 5.99. The van der Waals surface area contributed by atoms with Crippen molar-refractivity contribution in [2.75, 3.05) is 13.1 Å². The van der Waals surface area contributed by atoms with E-state index in [0.717, 1.165) is 0 Å². The number of hydrogen-bond donors (Lipinski definition) is 2. The minimum atomic E-state index is -1.39. The number of rotatable bonds is 1. The van der Waals surface area contributed by atoms with E-state index in [9.17, 15) is 15.0 Å². The SMILES string of the molecule is CC(C)(C)OC(=O)N1CC[C@@](O)(c2cscn2)[C@H](O)C1. The maximum absolute atomic E-state index is 12.0. The van der Waals surface area contributed by atoms with Crippen molar-refractivity contribution in [2.24, 2.45) is 0 Å². The molecule has 2 atom stereocenters. The van der Waals surface area contributed by atoms with Gasteiger partial charge in [-0.15, -0.1) is 11.3 Å². The van der Waals surface area contributed by atoms with Crippen LogP contribution in [0.2, 0.25) is 0 Å². The van der Waals surface area contributed by atoms with Gasteiger partial charge in [-0.25, -0.2) is 9.78 Å². The highest BCUT2D eigenvalue weighted by Gasteiger charge is 2.45. The van der Waals surface area contributed by atoms with Gasteiger partial charge in [-0.3, -0.25) is 0 Å². The number of hydrogen-bond acceptors (Lipinski definition) is 6. The molecule has 6 nitrogen and oxygen atoms in total. The lowest BCUT2D eigenvalue weighted by atomic mass is 9.86. The Hall–Kier alpha value is -1.18. The Labute approximate surface area is 122 Å². The van der Waals surface area contributed by atoms with Crippen molar-refractivity contribution in [3.05, 3.63) is 16.6 Å². The molecule has 1 fully saturated rings. The van der Waals surface area contributed by atoms with E-state index in [1.54, 1.807) is 31.7 Å². The molecule has 0 aliphatic carbocycles. The van der Waals surface area contributed by atoms with Gasteiger partial charge in [0, 0.05) is 18.3 Å². The van der Waals surface area contributed by atoms with Crippen LogP contribution in [-0.2, 0) is 10.3 Å². The minimum absolute atomic E-state index is 0.0307. The Morgan fingerprint density at radius 2 is 2.30 bits per heavy atom. The number of likely N-dealkylation sites (tertiary alicyclic amines) is 1. The molecule has 1 aliphatic heterocycles. The van der Waals surface area contributed by atoms with Gasteiger partial charge in [0.1, 0.15) is 17.3 Å². The summed E-state index contributed by atoms with van der Waals surface area (Å²) in [4.78, 5) is 17.4. The minimum Gasteiger partial charge on any atom is -0.444 e. The van der Waals surface area contributed by atoms with Crippen LogP contribution in [0.25, 0.3) is 0 Å². The van der Waals surface area contributed by atoms with Crippen LogP contribution in [0.1, 0.15) is 32.9 Å². The van der Waals surface area contributed by atoms with Crippen LogP contribution in [-0.4, -0.2) is 51.0 Å². The Morgan fingerprint density at radius 1 is 1.60 bits per heavy atom. The van der Waals surface area contributed by atoms with Crippen LogP contribution in [0.15, 0.2) is 10.9 Å². The molecule has 2 heterocycles. The van der Waals surface area contributed by atoms with Gasteiger partial charge in [-0.05, 0) is 20.8 Å². The van der Waals surface area contributed by atoms with E-state index in [-0.39, 0.29) is 13.0 Å². The summed E-state index contributed by atoms with van der Waals surface area (Å²) in [5, 5.41) is 22.4. The number of carbonyl (C=O) groups excluding carboxylic acids is 1. The van der Waals surface area contributed by atoms with Gasteiger partial charge >= 0.3 is 6.09 Å². The lowest BCUT2D eigenvalue weighted by Crippen LogP contribution is -2.55. The van der Waals surface area contributed by atoms with E-state index in [1.807, 2.05) is 0 Å². The van der Waals surface area contributed by atoms with Gasteiger partial charge in [-0.1, -0.05) is 0 Å². The summed E-state index contributed by atoms with van der Waals surface area (Å²) in [7, 11) is 0. The Bertz CT molecular complexity index is 471. The third kappa shape index (κ3) is 3.11. The number of ether oxygens (including phenoxy) is 1. The number of piperidine rings is 1. The lowest BCUT2D eigenvalue weighted by molar-refractivity contribution is -0.125. The number of β-amino-alcohol motifs (C(OH)–C–C–N with tert-alkyl or cyclic N) is 1. The molecule has 1 amide bonds. The number of aliphatic hydroxyl groups excluding tert-OH is 1. The van der Waals surface area contributed by atoms with Gasteiger partial charge in [0.2, 0.25) is 0 Å². The summed E-state index contributed by atoms with van der Waals surface area (Å²) in [6, 6.07) is 0. The molecule has 1 aromatic heterocycles. The molecule has 1 saturated heterocycles. The number of carbonyl (C=O) groups is 1. The maximum atomic E-state index is 12.0. The van der Waals surface area contributed by atoms with E-state index in [0.29, 0.717) is 12.2 Å². The highest BCUT2D eigenvalue weighted by Crippen LogP contribution is 2.33. The topological polar surface area (TPSA) is 82.9 Å². The van der Waals surface area contributed by atoms with Gasteiger partial charge < -0.3 is 19.8 Å². The highest BCUT2D eigenvalue weighted by molar-refractivity contribution is 7.07. The molecule has 0 unspecified atom stereocenters. The smallest absolute Gasteiger partial charge is 0.410 e. The quantitative estimate of drug-likeness (QED) is 0.817. The van der Waals surface area contributed by atoms with Crippen LogP contribution in [0.5, 0.6) is 0 Å². The third-order valence-corrected chi connectivity index (χ3v) is 3.82. The number of aromatic nitrogens is 1. The molecule has 2 rings (SSSR count). The van der Waals surface area contributed by atoms with Gasteiger partial charge in [0.05, 0.1) is 17.7 Å². The largest absolute Gasteiger partial charge is 0.444 e. The van der Waals surface area contributed by atoms with E-state index in [4.69, 9.17) is 4.74 Å². The first kappa shape index (κ1) is 15.2. The molecule has 0 bridgehead atoms. The zero-order valence-electron chi connectivity index (χ0n) is 11.9. The molecule has 1 aromatic rings. The average Bonchev–Trinajstić information content (AvgIpc) is 2.84. The van der Waals surface area contributed by atoms with Crippen LogP contribution in [0.3, 0.4) is 0 Å². The number of nitrogens with zero attached hydrogens (tertiary/aromatic N) is 2. The van der Waals surface area contributed by atoms with Crippen molar-refractivity contribution in [2.45, 2.75) is 44.5 Å². The predicted octanol–water partition coefficient (Wildman–Crippen LogP) is 1.33. The van der Waals surface area contributed by atoms with E-state index < -0.39 is 23.4 Å². The standard InChI is InChI=1S/C13H20N2O4S/c1-12(2,3)19-11(17)15-5-4-13(18,10(16)6-15)9-7-20-8-14-9/h7-8,10,16,18H,4-6H2,1-3H3/t10-,13-/m1/s1. The molecule has 0 aromatic carbocycles.